The van der Waals surface area contributed by atoms with Crippen molar-refractivity contribution in [2.45, 2.75) is 39.3 Å². The van der Waals surface area contributed by atoms with Gasteiger partial charge < -0.3 is 18.8 Å². The molecular formula is C17H25BrN2O4Si. The minimum absolute atomic E-state index is 0.247. The molecule has 25 heavy (non-hydrogen) atoms. The SMILES string of the molecule is CCOC(=O)c1cc2c(Br)cnc(OC)c2n1COCC[Si](C)(C)C. The van der Waals surface area contributed by atoms with Crippen LogP contribution in [0, 0.1) is 0 Å². The molecule has 138 valence electrons. The number of ether oxygens (including phenoxy) is 3. The van der Waals surface area contributed by atoms with Crippen LogP contribution < -0.4 is 4.74 Å². The number of fused-ring (bicyclic) bond motifs is 1. The number of pyridine rings is 1. The van der Waals surface area contributed by atoms with E-state index in [1.165, 1.54) is 0 Å². The highest BCUT2D eigenvalue weighted by Gasteiger charge is 2.22. The average Bonchev–Trinajstić information content (AvgIpc) is 2.92. The Bertz CT molecular complexity index is 755. The Hall–Kier alpha value is -1.38. The molecule has 6 nitrogen and oxygen atoms in total. The van der Waals surface area contributed by atoms with Crippen LogP contribution in [0.3, 0.4) is 0 Å². The Labute approximate surface area is 157 Å². The van der Waals surface area contributed by atoms with Gasteiger partial charge in [-0.15, -0.1) is 0 Å². The molecule has 0 aliphatic rings. The minimum Gasteiger partial charge on any atom is -0.479 e. The van der Waals surface area contributed by atoms with Crippen LogP contribution in [0.5, 0.6) is 5.88 Å². The van der Waals surface area contributed by atoms with Gasteiger partial charge in [-0.1, -0.05) is 19.6 Å². The number of rotatable bonds is 8. The molecule has 0 aliphatic carbocycles. The van der Waals surface area contributed by atoms with Gasteiger partial charge in [0.2, 0.25) is 5.88 Å². The smallest absolute Gasteiger partial charge is 0.355 e. The van der Waals surface area contributed by atoms with E-state index in [-0.39, 0.29) is 12.7 Å². The second kappa shape index (κ2) is 8.33. The third-order valence-electron chi connectivity index (χ3n) is 3.75. The topological polar surface area (TPSA) is 62.6 Å². The van der Waals surface area contributed by atoms with Crippen LogP contribution in [0.4, 0.5) is 0 Å². The third-order valence-corrected chi connectivity index (χ3v) is 6.08. The van der Waals surface area contributed by atoms with Crippen LogP contribution in [0.25, 0.3) is 10.9 Å². The molecule has 2 heterocycles. The van der Waals surface area contributed by atoms with Crippen molar-refractivity contribution in [3.63, 3.8) is 0 Å². The number of methoxy groups -OCH3 is 1. The van der Waals surface area contributed by atoms with Crippen LogP contribution in [-0.2, 0) is 16.2 Å². The number of carbonyl (C=O) groups is 1. The van der Waals surface area contributed by atoms with Crippen molar-refractivity contribution < 1.29 is 19.0 Å². The van der Waals surface area contributed by atoms with Crippen molar-refractivity contribution in [1.82, 2.24) is 9.55 Å². The lowest BCUT2D eigenvalue weighted by Gasteiger charge is -2.17. The molecule has 0 saturated carbocycles. The molecule has 2 rings (SSSR count). The molecule has 0 aliphatic heterocycles. The summed E-state index contributed by atoms with van der Waals surface area (Å²) in [4.78, 5) is 16.7. The molecule has 0 unspecified atom stereocenters. The summed E-state index contributed by atoms with van der Waals surface area (Å²) in [7, 11) is 0.380. The number of halogens is 1. The zero-order valence-electron chi connectivity index (χ0n) is 15.4. The number of hydrogen-bond donors (Lipinski definition) is 0. The highest BCUT2D eigenvalue weighted by atomic mass is 79.9. The van der Waals surface area contributed by atoms with Gasteiger partial charge >= 0.3 is 5.97 Å². The molecule has 0 bridgehead atoms. The van der Waals surface area contributed by atoms with E-state index in [0.29, 0.717) is 30.3 Å². The van der Waals surface area contributed by atoms with Crippen molar-refractivity contribution in [3.8, 4) is 5.88 Å². The summed E-state index contributed by atoms with van der Waals surface area (Å²) in [5, 5.41) is 0.837. The van der Waals surface area contributed by atoms with Crippen molar-refractivity contribution in [1.29, 1.82) is 0 Å². The molecule has 0 atom stereocenters. The van der Waals surface area contributed by atoms with Crippen LogP contribution >= 0.6 is 15.9 Å². The number of aromatic nitrogens is 2. The number of carbonyl (C=O) groups excluding carboxylic acids is 1. The summed E-state index contributed by atoms with van der Waals surface area (Å²) < 4.78 is 19.0. The predicted octanol–water partition coefficient (Wildman–Crippen LogP) is 4.30. The van der Waals surface area contributed by atoms with Gasteiger partial charge in [-0.05, 0) is 35.0 Å². The number of hydrogen-bond acceptors (Lipinski definition) is 5. The lowest BCUT2D eigenvalue weighted by molar-refractivity contribution is 0.0477. The van der Waals surface area contributed by atoms with E-state index in [1.54, 1.807) is 30.9 Å². The average molecular weight is 429 g/mol. The van der Waals surface area contributed by atoms with Gasteiger partial charge in [-0.25, -0.2) is 9.78 Å². The van der Waals surface area contributed by atoms with Crippen LogP contribution in [0.15, 0.2) is 16.7 Å². The molecule has 8 heteroatoms. The number of esters is 1. The van der Waals surface area contributed by atoms with Crippen LogP contribution in [0.1, 0.15) is 17.4 Å². The summed E-state index contributed by atoms with van der Waals surface area (Å²) in [6.45, 7) is 9.90. The molecular weight excluding hydrogens is 404 g/mol. The molecule has 0 radical (unpaired) electrons. The van der Waals surface area contributed by atoms with E-state index in [9.17, 15) is 4.79 Å². The van der Waals surface area contributed by atoms with Gasteiger partial charge in [0.25, 0.3) is 0 Å². The molecule has 0 spiro atoms. The Kier molecular flexibility index (Phi) is 6.64. The van der Waals surface area contributed by atoms with Gasteiger partial charge in [-0.3, -0.25) is 0 Å². The maximum atomic E-state index is 12.4. The monoisotopic (exact) mass is 428 g/mol. The summed E-state index contributed by atoms with van der Waals surface area (Å²) in [6.07, 6.45) is 1.66. The quantitative estimate of drug-likeness (QED) is 0.356. The Balaban J connectivity index is 2.40. The van der Waals surface area contributed by atoms with Crippen molar-refractivity contribution in [2.24, 2.45) is 0 Å². The second-order valence-corrected chi connectivity index (χ2v) is 13.4. The zero-order valence-corrected chi connectivity index (χ0v) is 18.0. The van der Waals surface area contributed by atoms with Crippen LogP contribution in [0.2, 0.25) is 25.7 Å². The Morgan fingerprint density at radius 1 is 1.36 bits per heavy atom. The molecule has 0 amide bonds. The Morgan fingerprint density at radius 2 is 2.08 bits per heavy atom. The lowest BCUT2D eigenvalue weighted by atomic mass is 10.3. The fourth-order valence-corrected chi connectivity index (χ4v) is 3.56. The van der Waals surface area contributed by atoms with E-state index < -0.39 is 8.07 Å². The molecule has 2 aromatic heterocycles. The van der Waals surface area contributed by atoms with E-state index in [2.05, 4.69) is 40.6 Å². The van der Waals surface area contributed by atoms with E-state index in [1.807, 2.05) is 0 Å². The summed E-state index contributed by atoms with van der Waals surface area (Å²) in [5.74, 6) is 0.0593. The fourth-order valence-electron chi connectivity index (χ4n) is 2.40. The Morgan fingerprint density at radius 3 is 2.68 bits per heavy atom. The first kappa shape index (κ1) is 19.9. The molecule has 0 fully saturated rings. The first-order valence-corrected chi connectivity index (χ1v) is 12.7. The van der Waals surface area contributed by atoms with Gasteiger partial charge in [0.15, 0.2) is 0 Å². The highest BCUT2D eigenvalue weighted by Crippen LogP contribution is 2.33. The largest absolute Gasteiger partial charge is 0.479 e. The second-order valence-electron chi connectivity index (χ2n) is 6.90. The molecule has 0 N–H and O–H groups in total. The van der Waals surface area contributed by atoms with Crippen molar-refractivity contribution in [2.75, 3.05) is 20.3 Å². The van der Waals surface area contributed by atoms with Gasteiger partial charge in [0.1, 0.15) is 17.9 Å². The first-order chi connectivity index (χ1) is 11.8. The fraction of sp³-hybridized carbons (Fsp3) is 0.529. The van der Waals surface area contributed by atoms with E-state index in [4.69, 9.17) is 14.2 Å². The highest BCUT2D eigenvalue weighted by molar-refractivity contribution is 9.10. The van der Waals surface area contributed by atoms with Gasteiger partial charge in [-0.2, -0.15) is 0 Å². The predicted molar refractivity (Wildman–Crippen MR) is 104 cm³/mol. The minimum atomic E-state index is -1.18. The zero-order chi connectivity index (χ0) is 18.6. The van der Waals surface area contributed by atoms with Crippen molar-refractivity contribution in [3.05, 3.63) is 22.4 Å². The molecule has 0 aromatic carbocycles. The van der Waals surface area contributed by atoms with Crippen molar-refractivity contribution >= 4 is 40.9 Å². The standard InChI is InChI=1S/C17H25BrN2O4Si/c1-6-24-17(21)14-9-12-13(18)10-19-16(22-2)15(12)20(14)11-23-7-8-25(3,4)5/h9-10H,6-8,11H2,1-5H3. The van der Waals surface area contributed by atoms with E-state index in [0.717, 1.165) is 15.9 Å². The maximum absolute atomic E-state index is 12.4. The van der Waals surface area contributed by atoms with Gasteiger partial charge in [0.05, 0.1) is 13.7 Å². The van der Waals surface area contributed by atoms with E-state index >= 15 is 0 Å². The lowest BCUT2D eigenvalue weighted by Crippen LogP contribution is -2.22. The molecule has 2 aromatic rings. The normalized spacial score (nSPS) is 11.8. The van der Waals surface area contributed by atoms with Gasteiger partial charge in [0, 0.05) is 30.7 Å². The summed E-state index contributed by atoms with van der Waals surface area (Å²) in [6, 6.07) is 2.84. The first-order valence-electron chi connectivity index (χ1n) is 8.25. The van der Waals surface area contributed by atoms with Crippen LogP contribution in [-0.4, -0.2) is 43.9 Å². The third kappa shape index (κ3) is 4.83. The summed E-state index contributed by atoms with van der Waals surface area (Å²) >= 11 is 3.49. The molecule has 0 saturated heterocycles. The summed E-state index contributed by atoms with van der Waals surface area (Å²) in [5.41, 5.74) is 1.14. The maximum Gasteiger partial charge on any atom is 0.355 e. The number of nitrogens with zero attached hydrogens (tertiary/aromatic N) is 2.